The predicted octanol–water partition coefficient (Wildman–Crippen LogP) is 2.76. The maximum Gasteiger partial charge on any atom is 0.255 e. The number of aliphatic hydroxyl groups is 1. The van der Waals surface area contributed by atoms with Crippen molar-refractivity contribution in [2.45, 2.75) is 38.3 Å². The zero-order chi connectivity index (χ0) is 14.2. The van der Waals surface area contributed by atoms with Crippen molar-refractivity contribution < 1.29 is 15.0 Å². The highest BCUT2D eigenvalue weighted by molar-refractivity contribution is 9.10. The Morgan fingerprint density at radius 1 is 1.53 bits per heavy atom. The normalized spacial score (nSPS) is 22.5. The van der Waals surface area contributed by atoms with Gasteiger partial charge in [0.1, 0.15) is 5.75 Å². The number of phenols is 1. The fraction of sp³-hybridized carbons (Fsp3) is 0.462. The van der Waals surface area contributed by atoms with Crippen molar-refractivity contribution in [2.75, 3.05) is 0 Å². The van der Waals surface area contributed by atoms with Gasteiger partial charge in [-0.2, -0.15) is 0 Å². The van der Waals surface area contributed by atoms with Crippen molar-refractivity contribution in [3.63, 3.8) is 0 Å². The highest BCUT2D eigenvalue weighted by Gasteiger charge is 2.28. The zero-order valence-corrected chi connectivity index (χ0v) is 12.8. The van der Waals surface area contributed by atoms with Gasteiger partial charge in [-0.25, -0.2) is 0 Å². The average molecular weight is 349 g/mol. The van der Waals surface area contributed by atoms with E-state index >= 15 is 0 Å². The lowest BCUT2D eigenvalue weighted by molar-refractivity contribution is 0.0870. The standard InChI is InChI=1S/C13H15BrClNO3/c1-6-8(14)5-7(12(18)11(6)15)13(19)16-9-3-2-4-10(9)17/h5,9-10,17-18H,2-4H2,1H3,(H,16,19)/t9-,10-/m1/s1. The summed E-state index contributed by atoms with van der Waals surface area (Å²) in [6, 6.07) is 1.28. The van der Waals surface area contributed by atoms with E-state index in [4.69, 9.17) is 11.6 Å². The molecule has 2 atom stereocenters. The fourth-order valence-electron chi connectivity index (χ4n) is 2.23. The van der Waals surface area contributed by atoms with Crippen molar-refractivity contribution in [1.82, 2.24) is 5.32 Å². The van der Waals surface area contributed by atoms with Gasteiger partial charge in [-0.3, -0.25) is 4.79 Å². The van der Waals surface area contributed by atoms with Gasteiger partial charge in [-0.05, 0) is 37.8 Å². The minimum Gasteiger partial charge on any atom is -0.506 e. The molecule has 0 aromatic heterocycles. The van der Waals surface area contributed by atoms with E-state index in [0.29, 0.717) is 16.5 Å². The molecule has 1 aromatic carbocycles. The third-order valence-corrected chi connectivity index (χ3v) is 4.75. The van der Waals surface area contributed by atoms with Gasteiger partial charge >= 0.3 is 0 Å². The molecule has 2 rings (SSSR count). The first-order chi connectivity index (χ1) is 8.91. The molecule has 1 aromatic rings. The van der Waals surface area contributed by atoms with Crippen molar-refractivity contribution in [1.29, 1.82) is 0 Å². The van der Waals surface area contributed by atoms with Crippen molar-refractivity contribution >= 4 is 33.4 Å². The summed E-state index contributed by atoms with van der Waals surface area (Å²) in [6.07, 6.45) is 1.80. The van der Waals surface area contributed by atoms with Gasteiger partial charge < -0.3 is 15.5 Å². The summed E-state index contributed by atoms with van der Waals surface area (Å²) in [5.41, 5.74) is 0.790. The molecule has 0 radical (unpaired) electrons. The second kappa shape index (κ2) is 5.69. The van der Waals surface area contributed by atoms with Crippen LogP contribution in [0.3, 0.4) is 0 Å². The van der Waals surface area contributed by atoms with E-state index < -0.39 is 12.0 Å². The minimum atomic E-state index is -0.518. The first-order valence-electron chi connectivity index (χ1n) is 6.08. The number of amides is 1. The van der Waals surface area contributed by atoms with E-state index in [1.165, 1.54) is 6.07 Å². The number of hydrogen-bond acceptors (Lipinski definition) is 3. The van der Waals surface area contributed by atoms with E-state index in [9.17, 15) is 15.0 Å². The summed E-state index contributed by atoms with van der Waals surface area (Å²) in [5, 5.41) is 22.5. The van der Waals surface area contributed by atoms with Crippen LogP contribution < -0.4 is 5.32 Å². The summed E-state index contributed by atoms with van der Waals surface area (Å²) in [6.45, 7) is 1.74. The number of hydrogen-bond donors (Lipinski definition) is 3. The lowest BCUT2D eigenvalue weighted by Gasteiger charge is -2.17. The summed E-state index contributed by atoms with van der Waals surface area (Å²) in [4.78, 5) is 12.1. The second-order valence-electron chi connectivity index (χ2n) is 4.77. The lowest BCUT2D eigenvalue weighted by atomic mass is 10.1. The van der Waals surface area contributed by atoms with Gasteiger partial charge in [-0.15, -0.1) is 0 Å². The van der Waals surface area contributed by atoms with Gasteiger partial charge in [0.15, 0.2) is 0 Å². The minimum absolute atomic E-state index is 0.113. The van der Waals surface area contributed by atoms with E-state index in [1.807, 2.05) is 0 Å². The summed E-state index contributed by atoms with van der Waals surface area (Å²) in [7, 11) is 0. The molecule has 0 heterocycles. The van der Waals surface area contributed by atoms with Gasteiger partial charge in [-0.1, -0.05) is 27.5 Å². The number of halogens is 2. The van der Waals surface area contributed by atoms with E-state index in [2.05, 4.69) is 21.2 Å². The lowest BCUT2D eigenvalue weighted by Crippen LogP contribution is -2.39. The molecule has 0 saturated heterocycles. The Morgan fingerprint density at radius 2 is 2.21 bits per heavy atom. The molecule has 6 heteroatoms. The Morgan fingerprint density at radius 3 is 2.79 bits per heavy atom. The quantitative estimate of drug-likeness (QED) is 0.770. The summed E-state index contributed by atoms with van der Waals surface area (Å²) < 4.78 is 0.660. The van der Waals surface area contributed by atoms with Crippen LogP contribution in [0.15, 0.2) is 10.5 Å². The van der Waals surface area contributed by atoms with E-state index in [1.54, 1.807) is 6.92 Å². The van der Waals surface area contributed by atoms with E-state index in [-0.39, 0.29) is 22.4 Å². The van der Waals surface area contributed by atoms with Crippen LogP contribution >= 0.6 is 27.5 Å². The number of benzene rings is 1. The van der Waals surface area contributed by atoms with Crippen LogP contribution in [-0.2, 0) is 0 Å². The Balaban J connectivity index is 2.24. The van der Waals surface area contributed by atoms with Gasteiger partial charge in [0.2, 0.25) is 0 Å². The number of aliphatic hydroxyl groups excluding tert-OH is 1. The average Bonchev–Trinajstić information content (AvgIpc) is 2.77. The number of carbonyl (C=O) groups is 1. The topological polar surface area (TPSA) is 69.6 Å². The van der Waals surface area contributed by atoms with Crippen molar-refractivity contribution in [2.24, 2.45) is 0 Å². The Kier molecular flexibility index (Phi) is 4.38. The molecular weight excluding hydrogens is 334 g/mol. The number of rotatable bonds is 2. The highest BCUT2D eigenvalue weighted by Crippen LogP contribution is 2.35. The molecule has 4 nitrogen and oxygen atoms in total. The van der Waals surface area contributed by atoms with Crippen LogP contribution in [0.2, 0.25) is 5.02 Å². The highest BCUT2D eigenvalue weighted by atomic mass is 79.9. The maximum atomic E-state index is 12.1. The van der Waals surface area contributed by atoms with Crippen LogP contribution in [0.5, 0.6) is 5.75 Å². The molecule has 19 heavy (non-hydrogen) atoms. The smallest absolute Gasteiger partial charge is 0.255 e. The molecular formula is C13H15BrClNO3. The Labute approximate surface area is 124 Å². The van der Waals surface area contributed by atoms with Crippen LogP contribution in [0.4, 0.5) is 0 Å². The molecule has 0 bridgehead atoms. The molecule has 1 aliphatic rings. The first-order valence-corrected chi connectivity index (χ1v) is 7.25. The Hall–Kier alpha value is -0.780. The third kappa shape index (κ3) is 2.88. The molecule has 104 valence electrons. The summed E-state index contributed by atoms with van der Waals surface area (Å²) >= 11 is 9.27. The summed E-state index contributed by atoms with van der Waals surface area (Å²) in [5.74, 6) is -0.654. The molecule has 0 unspecified atom stereocenters. The van der Waals surface area contributed by atoms with Crippen molar-refractivity contribution in [3.8, 4) is 5.75 Å². The van der Waals surface area contributed by atoms with Gasteiger partial charge in [0.05, 0.1) is 22.7 Å². The number of phenolic OH excluding ortho intramolecular Hbond substituents is 1. The number of aromatic hydroxyl groups is 1. The SMILES string of the molecule is Cc1c(Br)cc(C(=O)N[C@@H]2CCC[C@H]2O)c(O)c1Cl. The number of nitrogens with one attached hydrogen (secondary N) is 1. The Bertz CT molecular complexity index is 521. The third-order valence-electron chi connectivity index (χ3n) is 3.46. The zero-order valence-electron chi connectivity index (χ0n) is 10.4. The van der Waals surface area contributed by atoms with Crippen LogP contribution in [0.1, 0.15) is 35.2 Å². The monoisotopic (exact) mass is 347 g/mol. The molecule has 1 saturated carbocycles. The van der Waals surface area contributed by atoms with Gasteiger partial charge in [0.25, 0.3) is 5.91 Å². The van der Waals surface area contributed by atoms with Crippen LogP contribution in [-0.4, -0.2) is 28.3 Å². The molecule has 1 aliphatic carbocycles. The molecule has 1 fully saturated rings. The predicted molar refractivity (Wildman–Crippen MR) is 76.7 cm³/mol. The molecule has 1 amide bonds. The van der Waals surface area contributed by atoms with Crippen molar-refractivity contribution in [3.05, 3.63) is 26.7 Å². The maximum absolute atomic E-state index is 12.1. The fourth-order valence-corrected chi connectivity index (χ4v) is 2.98. The molecule has 0 spiro atoms. The second-order valence-corrected chi connectivity index (χ2v) is 6.00. The molecule has 3 N–H and O–H groups in total. The van der Waals surface area contributed by atoms with Gasteiger partial charge in [0, 0.05) is 4.47 Å². The largest absolute Gasteiger partial charge is 0.506 e. The van der Waals surface area contributed by atoms with E-state index in [0.717, 1.165) is 12.8 Å². The molecule has 0 aliphatic heterocycles. The first kappa shape index (κ1) is 14.6. The van der Waals surface area contributed by atoms with Crippen LogP contribution in [0.25, 0.3) is 0 Å². The number of carbonyl (C=O) groups excluding carboxylic acids is 1. The van der Waals surface area contributed by atoms with Crippen LogP contribution in [0, 0.1) is 6.92 Å².